The predicted molar refractivity (Wildman–Crippen MR) is 84.9 cm³/mol. The molecule has 0 saturated carbocycles. The van der Waals surface area contributed by atoms with E-state index < -0.39 is 0 Å². The smallest absolute Gasteiger partial charge is 0.123 e. The number of rotatable bonds is 8. The molecule has 0 fully saturated rings. The highest BCUT2D eigenvalue weighted by atomic mass is 19.1. The molecule has 0 aliphatic rings. The monoisotopic (exact) mass is 287 g/mol. The fourth-order valence-electron chi connectivity index (χ4n) is 2.37. The van der Waals surface area contributed by atoms with E-state index in [1.807, 2.05) is 24.3 Å². The van der Waals surface area contributed by atoms with Crippen LogP contribution in [-0.2, 0) is 11.2 Å². The molecule has 0 heterocycles. The number of halogens is 1. The first-order valence-electron chi connectivity index (χ1n) is 7.35. The van der Waals surface area contributed by atoms with Gasteiger partial charge in [-0.25, -0.2) is 4.39 Å². The molecule has 0 aromatic heterocycles. The Balaban J connectivity index is 1.99. The molecule has 0 aliphatic carbocycles. The average molecular weight is 287 g/mol. The third-order valence-corrected chi connectivity index (χ3v) is 3.43. The summed E-state index contributed by atoms with van der Waals surface area (Å²) in [4.78, 5) is 0. The maximum Gasteiger partial charge on any atom is 0.123 e. The van der Waals surface area contributed by atoms with Gasteiger partial charge in [0.1, 0.15) is 5.82 Å². The van der Waals surface area contributed by atoms with E-state index in [1.165, 1.54) is 6.07 Å². The predicted octanol–water partition coefficient (Wildman–Crippen LogP) is 3.66. The van der Waals surface area contributed by atoms with Crippen LogP contribution in [0, 0.1) is 5.82 Å². The van der Waals surface area contributed by atoms with Crippen LogP contribution in [0.5, 0.6) is 0 Å². The summed E-state index contributed by atoms with van der Waals surface area (Å²) in [6.07, 6.45) is 1.84. The summed E-state index contributed by atoms with van der Waals surface area (Å²) in [5.41, 5.74) is 3.32. The van der Waals surface area contributed by atoms with Gasteiger partial charge in [0.25, 0.3) is 0 Å². The summed E-state index contributed by atoms with van der Waals surface area (Å²) in [5.74, 6) is -0.169. The van der Waals surface area contributed by atoms with Crippen molar-refractivity contribution in [3.05, 3.63) is 59.9 Å². The number of benzene rings is 2. The van der Waals surface area contributed by atoms with Crippen LogP contribution in [0.4, 0.5) is 4.39 Å². The normalized spacial score (nSPS) is 10.8. The molecule has 0 radical (unpaired) electrons. The Hall–Kier alpha value is -1.71. The van der Waals surface area contributed by atoms with E-state index in [0.29, 0.717) is 0 Å². The van der Waals surface area contributed by atoms with Crippen LogP contribution in [0.1, 0.15) is 12.0 Å². The third-order valence-electron chi connectivity index (χ3n) is 3.43. The van der Waals surface area contributed by atoms with E-state index in [9.17, 15) is 4.39 Å². The third kappa shape index (κ3) is 4.96. The van der Waals surface area contributed by atoms with Gasteiger partial charge in [-0.2, -0.15) is 0 Å². The first-order chi connectivity index (χ1) is 10.3. The molecule has 0 aliphatic heterocycles. The highest BCUT2D eigenvalue weighted by molar-refractivity contribution is 5.67. The van der Waals surface area contributed by atoms with Gasteiger partial charge in [-0.3, -0.25) is 0 Å². The van der Waals surface area contributed by atoms with Crippen molar-refractivity contribution in [3.8, 4) is 11.1 Å². The standard InChI is InChI=1S/C18H22FNO/c1-21-13-12-20-11-5-8-16-14-17(19)9-10-18(16)15-6-3-2-4-7-15/h2-4,6-7,9-10,14,20H,5,8,11-13H2,1H3. The Morgan fingerprint density at radius 3 is 2.62 bits per heavy atom. The molecule has 2 aromatic carbocycles. The van der Waals surface area contributed by atoms with Crippen LogP contribution in [-0.4, -0.2) is 26.8 Å². The van der Waals surface area contributed by atoms with Crippen molar-refractivity contribution in [2.45, 2.75) is 12.8 Å². The molecule has 0 amide bonds. The lowest BCUT2D eigenvalue weighted by molar-refractivity contribution is 0.199. The Morgan fingerprint density at radius 2 is 1.86 bits per heavy atom. The molecule has 2 rings (SSSR count). The lowest BCUT2D eigenvalue weighted by Crippen LogP contribution is -2.20. The van der Waals surface area contributed by atoms with Crippen LogP contribution < -0.4 is 5.32 Å². The van der Waals surface area contributed by atoms with Crippen LogP contribution >= 0.6 is 0 Å². The van der Waals surface area contributed by atoms with Crippen molar-refractivity contribution in [1.82, 2.24) is 5.32 Å². The van der Waals surface area contributed by atoms with Gasteiger partial charge in [-0.1, -0.05) is 36.4 Å². The zero-order valence-corrected chi connectivity index (χ0v) is 12.4. The van der Waals surface area contributed by atoms with Crippen LogP contribution in [0.3, 0.4) is 0 Å². The van der Waals surface area contributed by atoms with Crippen LogP contribution in [0.25, 0.3) is 11.1 Å². The van der Waals surface area contributed by atoms with Gasteiger partial charge in [0.15, 0.2) is 0 Å². The van der Waals surface area contributed by atoms with Crippen molar-refractivity contribution in [1.29, 1.82) is 0 Å². The minimum atomic E-state index is -0.169. The number of methoxy groups -OCH3 is 1. The van der Waals surface area contributed by atoms with Gasteiger partial charge in [-0.05, 0) is 48.2 Å². The fourth-order valence-corrected chi connectivity index (χ4v) is 2.37. The first-order valence-corrected chi connectivity index (χ1v) is 7.35. The molecule has 1 N–H and O–H groups in total. The summed E-state index contributed by atoms with van der Waals surface area (Å²) in [7, 11) is 1.70. The molecule has 0 atom stereocenters. The van der Waals surface area contributed by atoms with Crippen LogP contribution in [0.15, 0.2) is 48.5 Å². The van der Waals surface area contributed by atoms with E-state index in [2.05, 4.69) is 17.4 Å². The molecule has 2 nitrogen and oxygen atoms in total. The van der Waals surface area contributed by atoms with E-state index >= 15 is 0 Å². The molecule has 0 bridgehead atoms. The van der Waals surface area contributed by atoms with E-state index in [0.717, 1.165) is 49.2 Å². The van der Waals surface area contributed by atoms with E-state index in [1.54, 1.807) is 13.2 Å². The summed E-state index contributed by atoms with van der Waals surface area (Å²) in [5, 5.41) is 3.31. The summed E-state index contributed by atoms with van der Waals surface area (Å²) in [6, 6.07) is 15.2. The SMILES string of the molecule is COCCNCCCc1cc(F)ccc1-c1ccccc1. The van der Waals surface area contributed by atoms with Gasteiger partial charge in [-0.15, -0.1) is 0 Å². The maximum atomic E-state index is 13.5. The fraction of sp³-hybridized carbons (Fsp3) is 0.333. The lowest BCUT2D eigenvalue weighted by atomic mass is 9.96. The second-order valence-corrected chi connectivity index (χ2v) is 5.01. The number of nitrogens with one attached hydrogen (secondary N) is 1. The number of aryl methyl sites for hydroxylation is 1. The molecule has 2 aromatic rings. The van der Waals surface area contributed by atoms with E-state index in [4.69, 9.17) is 4.74 Å². The Bertz CT molecular complexity index is 542. The molecule has 21 heavy (non-hydrogen) atoms. The number of hydrogen-bond donors (Lipinski definition) is 1. The molecular formula is C18H22FNO. The highest BCUT2D eigenvalue weighted by Gasteiger charge is 2.06. The summed E-state index contributed by atoms with van der Waals surface area (Å²) >= 11 is 0. The quantitative estimate of drug-likeness (QED) is 0.748. The van der Waals surface area contributed by atoms with Gasteiger partial charge in [0.2, 0.25) is 0 Å². The molecule has 3 heteroatoms. The van der Waals surface area contributed by atoms with Gasteiger partial charge in [0.05, 0.1) is 6.61 Å². The molecule has 0 spiro atoms. The topological polar surface area (TPSA) is 21.3 Å². The second-order valence-electron chi connectivity index (χ2n) is 5.01. The van der Waals surface area contributed by atoms with Crippen LogP contribution in [0.2, 0.25) is 0 Å². The molecule has 112 valence electrons. The van der Waals surface area contributed by atoms with E-state index in [-0.39, 0.29) is 5.82 Å². The molecule has 0 unspecified atom stereocenters. The minimum absolute atomic E-state index is 0.169. The van der Waals surface area contributed by atoms with Crippen molar-refractivity contribution >= 4 is 0 Å². The highest BCUT2D eigenvalue weighted by Crippen LogP contribution is 2.25. The summed E-state index contributed by atoms with van der Waals surface area (Å²) in [6.45, 7) is 2.48. The van der Waals surface area contributed by atoms with Gasteiger partial charge < -0.3 is 10.1 Å². The number of ether oxygens (including phenoxy) is 1. The molecular weight excluding hydrogens is 265 g/mol. The van der Waals surface area contributed by atoms with Crippen molar-refractivity contribution in [2.24, 2.45) is 0 Å². The largest absolute Gasteiger partial charge is 0.383 e. The van der Waals surface area contributed by atoms with Gasteiger partial charge in [0, 0.05) is 13.7 Å². The number of hydrogen-bond acceptors (Lipinski definition) is 2. The Labute approximate surface area is 126 Å². The van der Waals surface area contributed by atoms with Crippen molar-refractivity contribution < 1.29 is 9.13 Å². The average Bonchev–Trinajstić information content (AvgIpc) is 2.52. The Morgan fingerprint density at radius 1 is 1.05 bits per heavy atom. The lowest BCUT2D eigenvalue weighted by Gasteiger charge is -2.10. The maximum absolute atomic E-state index is 13.5. The minimum Gasteiger partial charge on any atom is -0.383 e. The summed E-state index contributed by atoms with van der Waals surface area (Å²) < 4.78 is 18.5. The zero-order chi connectivity index (χ0) is 14.9. The second kappa shape index (κ2) is 8.55. The molecule has 0 saturated heterocycles. The Kier molecular flexibility index (Phi) is 6.38. The first kappa shape index (κ1) is 15.7. The van der Waals surface area contributed by atoms with Crippen molar-refractivity contribution in [2.75, 3.05) is 26.8 Å². The van der Waals surface area contributed by atoms with Gasteiger partial charge >= 0.3 is 0 Å². The zero-order valence-electron chi connectivity index (χ0n) is 12.4. The van der Waals surface area contributed by atoms with Crippen molar-refractivity contribution in [3.63, 3.8) is 0 Å².